The number of hydrogen-bond acceptors (Lipinski definition) is 3. The first kappa shape index (κ1) is 13.5. The normalized spacial score (nSPS) is 10.4. The van der Waals surface area contributed by atoms with Gasteiger partial charge in [0.1, 0.15) is 5.56 Å². The molecule has 4 nitrogen and oxygen atoms in total. The molecule has 19 heavy (non-hydrogen) atoms. The predicted octanol–water partition coefficient (Wildman–Crippen LogP) is 2.41. The van der Waals surface area contributed by atoms with Crippen molar-refractivity contribution in [1.29, 1.82) is 0 Å². The van der Waals surface area contributed by atoms with E-state index in [-0.39, 0.29) is 17.0 Å². The van der Waals surface area contributed by atoms with Crippen LogP contribution in [0.1, 0.15) is 27.9 Å². The van der Waals surface area contributed by atoms with E-state index >= 15 is 0 Å². The smallest absolute Gasteiger partial charge is 0.260 e. The van der Waals surface area contributed by atoms with Gasteiger partial charge in [-0.2, -0.15) is 0 Å². The summed E-state index contributed by atoms with van der Waals surface area (Å²) < 4.78 is 0. The highest BCUT2D eigenvalue weighted by Gasteiger charge is 2.17. The maximum atomic E-state index is 12.3. The lowest BCUT2D eigenvalue weighted by Crippen LogP contribution is -2.34. The number of hydrogen-bond donors (Lipinski definition) is 1. The van der Waals surface area contributed by atoms with Crippen molar-refractivity contribution in [3.8, 4) is 0 Å². The molecule has 2 heterocycles. The molecule has 0 bridgehead atoms. The average Bonchev–Trinajstić information content (AvgIpc) is 2.88. The molecule has 0 aliphatic carbocycles. The molecule has 2 aromatic heterocycles. The number of aromatic nitrogens is 1. The van der Waals surface area contributed by atoms with Crippen LogP contribution in [0.2, 0.25) is 0 Å². The molecule has 0 aliphatic rings. The number of nitrogens with zero attached hydrogens (tertiary/aromatic N) is 1. The Balaban J connectivity index is 2.23. The number of H-pyrrole nitrogens is 1. The molecule has 1 amide bonds. The summed E-state index contributed by atoms with van der Waals surface area (Å²) in [4.78, 5) is 29.6. The molecule has 1 N–H and O–H groups in total. The third-order valence-corrected chi connectivity index (χ3v) is 3.74. The fourth-order valence-electron chi connectivity index (χ4n) is 1.83. The number of nitrogens with one attached hydrogen (secondary N) is 1. The van der Waals surface area contributed by atoms with Gasteiger partial charge >= 0.3 is 0 Å². The Kier molecular flexibility index (Phi) is 4.16. The summed E-state index contributed by atoms with van der Waals surface area (Å²) in [7, 11) is 0. The van der Waals surface area contributed by atoms with Crippen molar-refractivity contribution in [3.05, 3.63) is 56.1 Å². The van der Waals surface area contributed by atoms with Gasteiger partial charge in [-0.15, -0.1) is 11.3 Å². The van der Waals surface area contributed by atoms with Gasteiger partial charge < -0.3 is 9.88 Å². The van der Waals surface area contributed by atoms with Gasteiger partial charge in [-0.1, -0.05) is 6.07 Å². The Hall–Kier alpha value is -1.88. The second kappa shape index (κ2) is 5.84. The van der Waals surface area contributed by atoms with Crippen LogP contribution in [0.5, 0.6) is 0 Å². The van der Waals surface area contributed by atoms with Crippen LogP contribution in [0.3, 0.4) is 0 Å². The van der Waals surface area contributed by atoms with Gasteiger partial charge in [0.25, 0.3) is 11.5 Å². The van der Waals surface area contributed by atoms with Crippen molar-refractivity contribution >= 4 is 17.2 Å². The SMILES string of the molecule is CCN(Cc1cccs1)C(=O)c1ccc(C)[nH]c1=O. The Labute approximate surface area is 115 Å². The summed E-state index contributed by atoms with van der Waals surface area (Å²) in [6, 6.07) is 7.28. The number of thiophene rings is 1. The lowest BCUT2D eigenvalue weighted by molar-refractivity contribution is 0.0752. The molecule has 0 saturated heterocycles. The quantitative estimate of drug-likeness (QED) is 0.932. The Morgan fingerprint density at radius 1 is 1.37 bits per heavy atom. The number of rotatable bonds is 4. The number of aryl methyl sites for hydroxylation is 1. The molecule has 0 spiro atoms. The largest absolute Gasteiger partial charge is 0.334 e. The highest BCUT2D eigenvalue weighted by Crippen LogP contribution is 2.13. The first-order valence-corrected chi connectivity index (χ1v) is 7.01. The molecule has 100 valence electrons. The van der Waals surface area contributed by atoms with Crippen molar-refractivity contribution in [1.82, 2.24) is 9.88 Å². The maximum absolute atomic E-state index is 12.3. The van der Waals surface area contributed by atoms with Gasteiger partial charge in [-0.3, -0.25) is 9.59 Å². The van der Waals surface area contributed by atoms with Crippen LogP contribution in [-0.2, 0) is 6.54 Å². The number of carbonyl (C=O) groups excluding carboxylic acids is 1. The van der Waals surface area contributed by atoms with Crippen molar-refractivity contribution in [2.24, 2.45) is 0 Å². The van der Waals surface area contributed by atoms with E-state index in [0.717, 1.165) is 10.6 Å². The zero-order valence-electron chi connectivity index (χ0n) is 11.0. The number of carbonyl (C=O) groups is 1. The van der Waals surface area contributed by atoms with Crippen molar-refractivity contribution < 1.29 is 4.79 Å². The van der Waals surface area contributed by atoms with E-state index in [2.05, 4.69) is 4.98 Å². The minimum absolute atomic E-state index is 0.198. The van der Waals surface area contributed by atoms with Crippen LogP contribution in [0, 0.1) is 6.92 Å². The van der Waals surface area contributed by atoms with Crippen LogP contribution in [0.25, 0.3) is 0 Å². The Morgan fingerprint density at radius 2 is 2.16 bits per heavy atom. The zero-order chi connectivity index (χ0) is 13.8. The first-order valence-electron chi connectivity index (χ1n) is 6.13. The summed E-state index contributed by atoms with van der Waals surface area (Å²) in [6.07, 6.45) is 0. The molecule has 0 fully saturated rings. The van der Waals surface area contributed by atoms with Crippen molar-refractivity contribution in [2.75, 3.05) is 6.54 Å². The Bertz CT molecular complexity index is 617. The van der Waals surface area contributed by atoms with E-state index in [1.54, 1.807) is 35.3 Å². The summed E-state index contributed by atoms with van der Waals surface area (Å²) in [5.41, 5.74) is 0.626. The van der Waals surface area contributed by atoms with E-state index in [4.69, 9.17) is 0 Å². The van der Waals surface area contributed by atoms with Gasteiger partial charge in [0.05, 0.1) is 6.54 Å². The number of pyridine rings is 1. The minimum atomic E-state index is -0.324. The van der Waals surface area contributed by atoms with Crippen molar-refractivity contribution in [3.63, 3.8) is 0 Å². The van der Waals surface area contributed by atoms with Gasteiger partial charge in [0, 0.05) is 17.1 Å². The number of aromatic amines is 1. The molecule has 0 aromatic carbocycles. The topological polar surface area (TPSA) is 53.2 Å². The second-order valence-corrected chi connectivity index (χ2v) is 5.32. The van der Waals surface area contributed by atoms with Crippen LogP contribution in [0.15, 0.2) is 34.4 Å². The monoisotopic (exact) mass is 276 g/mol. The van der Waals surface area contributed by atoms with Gasteiger partial charge in [-0.25, -0.2) is 0 Å². The third-order valence-electron chi connectivity index (χ3n) is 2.88. The maximum Gasteiger partial charge on any atom is 0.260 e. The third kappa shape index (κ3) is 3.12. The molecule has 5 heteroatoms. The predicted molar refractivity (Wildman–Crippen MR) is 76.5 cm³/mol. The lowest BCUT2D eigenvalue weighted by Gasteiger charge is -2.19. The van der Waals surface area contributed by atoms with Crippen LogP contribution in [0.4, 0.5) is 0 Å². The summed E-state index contributed by atoms with van der Waals surface area (Å²) in [5.74, 6) is -0.225. The number of amides is 1. The summed E-state index contributed by atoms with van der Waals surface area (Å²) in [6.45, 7) is 4.82. The Morgan fingerprint density at radius 3 is 2.74 bits per heavy atom. The minimum Gasteiger partial charge on any atom is -0.334 e. The van der Waals surface area contributed by atoms with Crippen molar-refractivity contribution in [2.45, 2.75) is 20.4 Å². The molecule has 2 rings (SSSR count). The first-order chi connectivity index (χ1) is 9.11. The van der Waals surface area contributed by atoms with Crippen LogP contribution < -0.4 is 5.56 Å². The highest BCUT2D eigenvalue weighted by molar-refractivity contribution is 7.09. The van der Waals surface area contributed by atoms with E-state index in [9.17, 15) is 9.59 Å². The summed E-state index contributed by atoms with van der Waals surface area (Å²) in [5, 5.41) is 1.98. The van der Waals surface area contributed by atoms with E-state index < -0.39 is 0 Å². The fraction of sp³-hybridized carbons (Fsp3) is 0.286. The van der Waals surface area contributed by atoms with Gasteiger partial charge in [-0.05, 0) is 37.4 Å². The molecule has 0 atom stereocenters. The van der Waals surface area contributed by atoms with E-state index in [1.807, 2.05) is 24.4 Å². The zero-order valence-corrected chi connectivity index (χ0v) is 11.8. The van der Waals surface area contributed by atoms with Crippen LogP contribution >= 0.6 is 11.3 Å². The van der Waals surface area contributed by atoms with Crippen LogP contribution in [-0.4, -0.2) is 22.3 Å². The average molecular weight is 276 g/mol. The second-order valence-electron chi connectivity index (χ2n) is 4.28. The molecule has 0 aliphatic heterocycles. The molecule has 0 unspecified atom stereocenters. The highest BCUT2D eigenvalue weighted by atomic mass is 32.1. The van der Waals surface area contributed by atoms with E-state index in [1.165, 1.54) is 0 Å². The molecular weight excluding hydrogens is 260 g/mol. The molecule has 2 aromatic rings. The lowest BCUT2D eigenvalue weighted by atomic mass is 10.2. The standard InChI is InChI=1S/C14H16N2O2S/c1-3-16(9-11-5-4-8-19-11)14(18)12-7-6-10(2)15-13(12)17/h4-8H,3,9H2,1-2H3,(H,15,17). The summed E-state index contributed by atoms with van der Waals surface area (Å²) >= 11 is 1.61. The fourth-order valence-corrected chi connectivity index (χ4v) is 2.55. The van der Waals surface area contributed by atoms with Gasteiger partial charge in [0.2, 0.25) is 0 Å². The molecular formula is C14H16N2O2S. The van der Waals surface area contributed by atoms with Gasteiger partial charge in [0.15, 0.2) is 0 Å². The molecule has 0 saturated carbocycles. The van der Waals surface area contributed by atoms with E-state index in [0.29, 0.717) is 13.1 Å². The molecule has 0 radical (unpaired) electrons.